The third kappa shape index (κ3) is 3.66. The van der Waals surface area contributed by atoms with Gasteiger partial charge in [-0.1, -0.05) is 34.8 Å². The predicted molar refractivity (Wildman–Crippen MR) is 84.2 cm³/mol. The van der Waals surface area contributed by atoms with E-state index in [9.17, 15) is 0 Å². The first-order chi connectivity index (χ1) is 9.47. The van der Waals surface area contributed by atoms with Gasteiger partial charge >= 0.3 is 0 Å². The molecule has 2 rings (SSSR count). The Bertz CT molecular complexity index is 565. The van der Waals surface area contributed by atoms with Crippen molar-refractivity contribution in [2.75, 3.05) is 13.1 Å². The topological polar surface area (TPSA) is 67.3 Å². The summed E-state index contributed by atoms with van der Waals surface area (Å²) in [7, 11) is 0. The summed E-state index contributed by atoms with van der Waals surface area (Å²) in [5, 5.41) is 4.56. The summed E-state index contributed by atoms with van der Waals surface area (Å²) in [5.41, 5.74) is 13.2. The van der Waals surface area contributed by atoms with Crippen molar-refractivity contribution in [1.82, 2.24) is 10.2 Å². The smallest absolute Gasteiger partial charge is 0.120 e. The van der Waals surface area contributed by atoms with Crippen LogP contribution in [0.4, 0.5) is 0 Å². The summed E-state index contributed by atoms with van der Waals surface area (Å²) in [6.45, 7) is 2.08. The lowest BCUT2D eigenvalue weighted by molar-refractivity contribution is 0.321. The summed E-state index contributed by atoms with van der Waals surface area (Å²) in [6, 6.07) is 5.38. The number of rotatable bonds is 3. The van der Waals surface area contributed by atoms with Gasteiger partial charge in [-0.2, -0.15) is 0 Å². The van der Waals surface area contributed by atoms with Gasteiger partial charge in [0.25, 0.3) is 0 Å². The average Bonchev–Trinajstić information content (AvgIpc) is 2.37. The van der Waals surface area contributed by atoms with Gasteiger partial charge in [0.2, 0.25) is 0 Å². The molecule has 0 saturated carbocycles. The molecule has 108 valence electrons. The van der Waals surface area contributed by atoms with Crippen LogP contribution in [0.3, 0.4) is 0 Å². The second kappa shape index (κ2) is 6.48. The number of nitrogens with zero attached hydrogens (tertiary/aromatic N) is 1. The van der Waals surface area contributed by atoms with Crippen LogP contribution in [0.15, 0.2) is 40.9 Å². The van der Waals surface area contributed by atoms with E-state index in [4.69, 9.17) is 46.3 Å². The molecule has 0 aliphatic carbocycles. The van der Waals surface area contributed by atoms with Gasteiger partial charge in [-0.15, -0.1) is 0 Å². The Labute approximate surface area is 133 Å². The molecule has 4 nitrogen and oxygen atoms in total. The highest BCUT2D eigenvalue weighted by Crippen LogP contribution is 2.25. The zero-order chi connectivity index (χ0) is 14.7. The Morgan fingerprint density at radius 1 is 1.40 bits per heavy atom. The standard InChI is InChI=1S/C13H15Cl3N4/c14-9-1-2-10(15)8(5-9)7-20-4-3-19-13(18)11(20)6-12(16)17/h1-2,5-6,19H,3-4,7,17-18H2/b12-6-. The molecule has 0 fully saturated rings. The largest absolute Gasteiger partial charge is 0.389 e. The minimum Gasteiger partial charge on any atom is -0.389 e. The van der Waals surface area contributed by atoms with E-state index in [1.165, 1.54) is 0 Å². The van der Waals surface area contributed by atoms with Crippen LogP contribution >= 0.6 is 34.8 Å². The Hall–Kier alpha value is -1.23. The van der Waals surface area contributed by atoms with Gasteiger partial charge in [0, 0.05) is 29.7 Å². The number of benzene rings is 1. The van der Waals surface area contributed by atoms with Crippen LogP contribution in [0, 0.1) is 0 Å². The molecular weight excluding hydrogens is 319 g/mol. The van der Waals surface area contributed by atoms with E-state index in [1.807, 2.05) is 6.07 Å². The maximum absolute atomic E-state index is 6.19. The molecule has 0 saturated heterocycles. The lowest BCUT2D eigenvalue weighted by Crippen LogP contribution is -2.41. The van der Waals surface area contributed by atoms with Crippen LogP contribution in [0.1, 0.15) is 5.56 Å². The van der Waals surface area contributed by atoms with Crippen molar-refractivity contribution < 1.29 is 0 Å². The van der Waals surface area contributed by atoms with Gasteiger partial charge in [-0.05, 0) is 29.8 Å². The van der Waals surface area contributed by atoms with Crippen molar-refractivity contribution in [3.8, 4) is 0 Å². The summed E-state index contributed by atoms with van der Waals surface area (Å²) in [6.07, 6.45) is 1.63. The maximum Gasteiger partial charge on any atom is 0.120 e. The third-order valence-corrected chi connectivity index (χ3v) is 3.67. The van der Waals surface area contributed by atoms with Crippen molar-refractivity contribution in [3.05, 3.63) is 56.6 Å². The molecular formula is C13H15Cl3N4. The van der Waals surface area contributed by atoms with Crippen molar-refractivity contribution in [1.29, 1.82) is 0 Å². The van der Waals surface area contributed by atoms with Crippen LogP contribution in [-0.4, -0.2) is 18.0 Å². The molecule has 0 amide bonds. The summed E-state index contributed by atoms with van der Waals surface area (Å²) in [4.78, 5) is 2.05. The zero-order valence-electron chi connectivity index (χ0n) is 10.7. The molecule has 0 atom stereocenters. The SMILES string of the molecule is NC1=C(/C=C(\N)Cl)N(Cc2cc(Cl)ccc2Cl)CCN1. The number of nitrogens with two attached hydrogens (primary N) is 2. The van der Waals surface area contributed by atoms with E-state index in [2.05, 4.69) is 10.2 Å². The van der Waals surface area contributed by atoms with Crippen molar-refractivity contribution in [3.63, 3.8) is 0 Å². The first-order valence-electron chi connectivity index (χ1n) is 6.02. The number of halogens is 3. The molecule has 0 aromatic heterocycles. The highest BCUT2D eigenvalue weighted by atomic mass is 35.5. The predicted octanol–water partition coefficient (Wildman–Crippen LogP) is 2.57. The van der Waals surface area contributed by atoms with Gasteiger partial charge in [-0.3, -0.25) is 0 Å². The van der Waals surface area contributed by atoms with Gasteiger partial charge < -0.3 is 21.7 Å². The Balaban J connectivity index is 2.29. The summed E-state index contributed by atoms with van der Waals surface area (Å²) in [5.74, 6) is 0.540. The molecule has 1 aliphatic rings. The van der Waals surface area contributed by atoms with Crippen LogP contribution in [0.25, 0.3) is 0 Å². The number of hydrogen-bond acceptors (Lipinski definition) is 4. The van der Waals surface area contributed by atoms with E-state index in [-0.39, 0.29) is 5.16 Å². The number of nitrogens with one attached hydrogen (secondary N) is 1. The van der Waals surface area contributed by atoms with Crippen molar-refractivity contribution in [2.45, 2.75) is 6.54 Å². The van der Waals surface area contributed by atoms with Crippen molar-refractivity contribution in [2.24, 2.45) is 11.5 Å². The molecule has 0 unspecified atom stereocenters. The Morgan fingerprint density at radius 3 is 2.85 bits per heavy atom. The molecule has 20 heavy (non-hydrogen) atoms. The second-order valence-corrected chi connectivity index (χ2v) is 5.69. The molecule has 1 aromatic rings. The molecule has 1 heterocycles. The van der Waals surface area contributed by atoms with Gasteiger partial charge in [0.05, 0.1) is 5.70 Å². The van der Waals surface area contributed by atoms with Crippen LogP contribution in [-0.2, 0) is 6.54 Å². The van der Waals surface area contributed by atoms with Crippen molar-refractivity contribution >= 4 is 34.8 Å². The quantitative estimate of drug-likeness (QED) is 0.744. The van der Waals surface area contributed by atoms with Gasteiger partial charge in [-0.25, -0.2) is 0 Å². The molecule has 0 radical (unpaired) electrons. The van der Waals surface area contributed by atoms with Crippen LogP contribution in [0.2, 0.25) is 10.0 Å². The van der Waals surface area contributed by atoms with Crippen LogP contribution in [0.5, 0.6) is 0 Å². The van der Waals surface area contributed by atoms with E-state index in [1.54, 1.807) is 18.2 Å². The average molecular weight is 334 g/mol. The maximum atomic E-state index is 6.19. The monoisotopic (exact) mass is 332 g/mol. The van der Waals surface area contributed by atoms with E-state index < -0.39 is 0 Å². The summed E-state index contributed by atoms with van der Waals surface area (Å²) >= 11 is 17.9. The molecule has 1 aromatic carbocycles. The first kappa shape index (κ1) is 15.2. The summed E-state index contributed by atoms with van der Waals surface area (Å²) < 4.78 is 0. The van der Waals surface area contributed by atoms with Gasteiger partial charge in [0.1, 0.15) is 11.0 Å². The van der Waals surface area contributed by atoms with Crippen LogP contribution < -0.4 is 16.8 Å². The van der Waals surface area contributed by atoms with E-state index >= 15 is 0 Å². The fraction of sp³-hybridized carbons (Fsp3) is 0.231. The highest BCUT2D eigenvalue weighted by molar-refractivity contribution is 6.33. The molecule has 0 spiro atoms. The normalized spacial score (nSPS) is 16.4. The number of hydrogen-bond donors (Lipinski definition) is 3. The second-order valence-electron chi connectivity index (χ2n) is 4.41. The minimum atomic E-state index is 0.175. The first-order valence-corrected chi connectivity index (χ1v) is 7.16. The zero-order valence-corrected chi connectivity index (χ0v) is 12.9. The van der Waals surface area contributed by atoms with E-state index in [0.29, 0.717) is 22.4 Å². The van der Waals surface area contributed by atoms with E-state index in [0.717, 1.165) is 24.4 Å². The Morgan fingerprint density at radius 2 is 2.15 bits per heavy atom. The molecule has 5 N–H and O–H groups in total. The lowest BCUT2D eigenvalue weighted by atomic mass is 10.1. The fourth-order valence-corrected chi connectivity index (χ4v) is 2.52. The lowest BCUT2D eigenvalue weighted by Gasteiger charge is -2.32. The third-order valence-electron chi connectivity index (χ3n) is 2.96. The van der Waals surface area contributed by atoms with Gasteiger partial charge in [0.15, 0.2) is 0 Å². The molecule has 1 aliphatic heterocycles. The number of allylic oxidation sites excluding steroid dienone is 1. The molecule has 0 bridgehead atoms. The molecule has 7 heteroatoms. The highest BCUT2D eigenvalue weighted by Gasteiger charge is 2.18. The minimum absolute atomic E-state index is 0.175. The Kier molecular flexibility index (Phi) is 4.91. The fourth-order valence-electron chi connectivity index (χ4n) is 2.04.